The van der Waals surface area contributed by atoms with E-state index in [1.54, 1.807) is 11.9 Å². The normalized spacial score (nSPS) is 12.6. The molecule has 78 valence electrons. The Balaban J connectivity index is 3.00. The summed E-state index contributed by atoms with van der Waals surface area (Å²) >= 11 is 5.62. The number of anilines is 1. The smallest absolute Gasteiger partial charge is 0.347 e. The fraction of sp³-hybridized carbons (Fsp3) is 0.500. The number of aromatic amines is 1. The number of H-pyrrole nitrogens is 1. The minimum absolute atomic E-state index is 0.00152. The Morgan fingerprint density at radius 3 is 2.93 bits per heavy atom. The molecule has 0 amide bonds. The Bertz CT molecular complexity index is 366. The van der Waals surface area contributed by atoms with Crippen molar-refractivity contribution in [2.45, 2.75) is 13.0 Å². The average molecular weight is 218 g/mol. The van der Waals surface area contributed by atoms with Gasteiger partial charge in [-0.15, -0.1) is 0 Å². The maximum absolute atomic E-state index is 11.0. The zero-order chi connectivity index (χ0) is 10.7. The summed E-state index contributed by atoms with van der Waals surface area (Å²) in [6.07, 6.45) is 0. The molecule has 0 aliphatic heterocycles. The first-order valence-electron chi connectivity index (χ1n) is 4.15. The highest BCUT2D eigenvalue weighted by Crippen LogP contribution is 2.12. The van der Waals surface area contributed by atoms with Gasteiger partial charge in [0.2, 0.25) is 0 Å². The van der Waals surface area contributed by atoms with E-state index in [2.05, 4.69) is 9.97 Å². The lowest BCUT2D eigenvalue weighted by Gasteiger charge is -2.24. The molecule has 0 spiro atoms. The predicted octanol–water partition coefficient (Wildman–Crippen LogP) is 0.240. The minimum Gasteiger partial charge on any atom is -0.394 e. The van der Waals surface area contributed by atoms with Gasteiger partial charge in [0.25, 0.3) is 0 Å². The van der Waals surface area contributed by atoms with Crippen LogP contribution in [0.4, 0.5) is 5.82 Å². The van der Waals surface area contributed by atoms with Crippen molar-refractivity contribution in [2.24, 2.45) is 0 Å². The fourth-order valence-electron chi connectivity index (χ4n) is 0.966. The molecule has 0 aliphatic carbocycles. The predicted molar refractivity (Wildman–Crippen MR) is 54.8 cm³/mol. The zero-order valence-electron chi connectivity index (χ0n) is 7.99. The van der Waals surface area contributed by atoms with Gasteiger partial charge in [-0.3, -0.25) is 4.98 Å². The molecule has 6 heteroatoms. The van der Waals surface area contributed by atoms with Crippen LogP contribution in [-0.4, -0.2) is 34.8 Å². The molecule has 0 unspecified atom stereocenters. The number of aromatic nitrogens is 2. The van der Waals surface area contributed by atoms with Crippen molar-refractivity contribution in [3.8, 4) is 0 Å². The molecular weight excluding hydrogens is 206 g/mol. The molecule has 1 atom stereocenters. The first-order chi connectivity index (χ1) is 6.54. The van der Waals surface area contributed by atoms with E-state index in [4.69, 9.17) is 16.7 Å². The summed E-state index contributed by atoms with van der Waals surface area (Å²) in [6.45, 7) is 1.82. The molecule has 5 nitrogen and oxygen atoms in total. The van der Waals surface area contributed by atoms with Gasteiger partial charge in [0.15, 0.2) is 0 Å². The largest absolute Gasteiger partial charge is 0.394 e. The Labute approximate surface area is 86.3 Å². The monoisotopic (exact) mass is 217 g/mol. The van der Waals surface area contributed by atoms with Crippen LogP contribution < -0.4 is 10.6 Å². The second-order valence-electron chi connectivity index (χ2n) is 3.04. The summed E-state index contributed by atoms with van der Waals surface area (Å²) < 4.78 is 0. The minimum atomic E-state index is -0.496. The zero-order valence-corrected chi connectivity index (χ0v) is 8.75. The van der Waals surface area contributed by atoms with Gasteiger partial charge in [0.05, 0.1) is 12.6 Å². The van der Waals surface area contributed by atoms with E-state index >= 15 is 0 Å². The summed E-state index contributed by atoms with van der Waals surface area (Å²) in [4.78, 5) is 18.7. The molecule has 0 bridgehead atoms. The quantitative estimate of drug-likeness (QED) is 0.712. The van der Waals surface area contributed by atoms with Crippen molar-refractivity contribution in [3.63, 3.8) is 0 Å². The van der Waals surface area contributed by atoms with Crippen molar-refractivity contribution in [2.75, 3.05) is 18.6 Å². The van der Waals surface area contributed by atoms with Gasteiger partial charge < -0.3 is 10.0 Å². The molecule has 0 radical (unpaired) electrons. The van der Waals surface area contributed by atoms with Crippen LogP contribution in [0.1, 0.15) is 6.92 Å². The van der Waals surface area contributed by atoms with Gasteiger partial charge in [-0.1, -0.05) is 11.6 Å². The van der Waals surface area contributed by atoms with Crippen LogP contribution in [0, 0.1) is 0 Å². The molecular formula is C8H12ClN3O2. The summed E-state index contributed by atoms with van der Waals surface area (Å²) in [5.74, 6) is 0.538. The maximum atomic E-state index is 11.0. The summed E-state index contributed by atoms with van der Waals surface area (Å²) in [5.41, 5.74) is -0.496. The van der Waals surface area contributed by atoms with Gasteiger partial charge >= 0.3 is 5.69 Å². The number of likely N-dealkylation sites (N-methyl/N-ethyl adjacent to an activating group) is 1. The van der Waals surface area contributed by atoms with Crippen LogP contribution in [0.2, 0.25) is 5.15 Å². The van der Waals surface area contributed by atoms with Gasteiger partial charge in [0, 0.05) is 13.1 Å². The first kappa shape index (κ1) is 11.0. The van der Waals surface area contributed by atoms with Gasteiger partial charge in [-0.2, -0.15) is 4.98 Å². The Kier molecular flexibility index (Phi) is 3.49. The Hall–Kier alpha value is -1.07. The van der Waals surface area contributed by atoms with E-state index in [0.717, 1.165) is 0 Å². The van der Waals surface area contributed by atoms with E-state index < -0.39 is 5.69 Å². The molecule has 0 aromatic carbocycles. The number of nitrogens with one attached hydrogen (secondary N) is 1. The highest BCUT2D eigenvalue weighted by molar-refractivity contribution is 6.29. The molecule has 14 heavy (non-hydrogen) atoms. The average Bonchev–Trinajstić information content (AvgIpc) is 2.14. The lowest BCUT2D eigenvalue weighted by molar-refractivity contribution is 0.269. The van der Waals surface area contributed by atoms with Crippen LogP contribution in [0.3, 0.4) is 0 Å². The second-order valence-corrected chi connectivity index (χ2v) is 3.42. The third-order valence-corrected chi connectivity index (χ3v) is 2.20. The number of rotatable bonds is 3. The summed E-state index contributed by atoms with van der Waals surface area (Å²) in [5, 5.41) is 9.06. The van der Waals surface area contributed by atoms with Crippen molar-refractivity contribution in [1.29, 1.82) is 0 Å². The molecule has 1 aromatic rings. The molecule has 0 fully saturated rings. The highest BCUT2D eigenvalue weighted by atomic mass is 35.5. The van der Waals surface area contributed by atoms with Crippen molar-refractivity contribution >= 4 is 17.4 Å². The summed E-state index contributed by atoms with van der Waals surface area (Å²) in [7, 11) is 1.75. The van der Waals surface area contributed by atoms with Crippen LogP contribution in [0.15, 0.2) is 10.9 Å². The molecule has 0 saturated carbocycles. The molecule has 1 rings (SSSR count). The number of nitrogens with zero attached hydrogens (tertiary/aromatic N) is 2. The number of halogens is 1. The molecule has 1 aromatic heterocycles. The number of hydrogen-bond donors (Lipinski definition) is 2. The van der Waals surface area contributed by atoms with E-state index in [-0.39, 0.29) is 17.8 Å². The van der Waals surface area contributed by atoms with Crippen LogP contribution in [0.25, 0.3) is 0 Å². The van der Waals surface area contributed by atoms with E-state index in [1.165, 1.54) is 6.07 Å². The lowest BCUT2D eigenvalue weighted by atomic mass is 10.3. The van der Waals surface area contributed by atoms with E-state index in [0.29, 0.717) is 5.82 Å². The third-order valence-electron chi connectivity index (χ3n) is 2.00. The Morgan fingerprint density at radius 2 is 2.43 bits per heavy atom. The number of hydrogen-bond acceptors (Lipinski definition) is 4. The first-order valence-corrected chi connectivity index (χ1v) is 4.53. The van der Waals surface area contributed by atoms with E-state index in [1.807, 2.05) is 6.92 Å². The molecule has 1 heterocycles. The number of aliphatic hydroxyl groups excluding tert-OH is 1. The second kappa shape index (κ2) is 4.43. The van der Waals surface area contributed by atoms with E-state index in [9.17, 15) is 4.79 Å². The maximum Gasteiger partial charge on any atom is 0.347 e. The highest BCUT2D eigenvalue weighted by Gasteiger charge is 2.10. The van der Waals surface area contributed by atoms with Crippen LogP contribution in [0.5, 0.6) is 0 Å². The van der Waals surface area contributed by atoms with Crippen molar-refractivity contribution in [3.05, 3.63) is 21.7 Å². The van der Waals surface area contributed by atoms with Crippen molar-refractivity contribution < 1.29 is 5.11 Å². The standard InChI is InChI=1S/C8H12ClN3O2/c1-5(4-13)12(2)7-3-6(9)10-8(14)11-7/h3,5,13H,4H2,1-2H3,(H,10,11,14)/t5-/m1/s1. The van der Waals surface area contributed by atoms with Gasteiger partial charge in [-0.05, 0) is 6.92 Å². The topological polar surface area (TPSA) is 69.2 Å². The fourth-order valence-corrected chi connectivity index (χ4v) is 1.15. The van der Waals surface area contributed by atoms with Crippen LogP contribution in [-0.2, 0) is 0 Å². The third kappa shape index (κ3) is 2.46. The molecule has 2 N–H and O–H groups in total. The van der Waals surface area contributed by atoms with Crippen molar-refractivity contribution in [1.82, 2.24) is 9.97 Å². The lowest BCUT2D eigenvalue weighted by Crippen LogP contribution is -2.33. The van der Waals surface area contributed by atoms with Crippen LogP contribution >= 0.6 is 11.6 Å². The Morgan fingerprint density at radius 1 is 1.79 bits per heavy atom. The SMILES string of the molecule is C[C@H](CO)N(C)c1cc(Cl)nc(=O)[nH]1. The number of aliphatic hydroxyl groups is 1. The van der Waals surface area contributed by atoms with Gasteiger partial charge in [-0.25, -0.2) is 4.79 Å². The molecule has 0 saturated heterocycles. The summed E-state index contributed by atoms with van der Waals surface area (Å²) in [6, 6.07) is 1.44. The molecule has 0 aliphatic rings. The van der Waals surface area contributed by atoms with Gasteiger partial charge in [0.1, 0.15) is 11.0 Å².